The third kappa shape index (κ3) is 3.74. The van der Waals surface area contributed by atoms with Crippen LogP contribution in [0.5, 0.6) is 5.75 Å². The van der Waals surface area contributed by atoms with Crippen LogP contribution in [0.1, 0.15) is 34.8 Å². The van der Waals surface area contributed by atoms with Gasteiger partial charge in [-0.05, 0) is 61.9 Å². The lowest BCUT2D eigenvalue weighted by atomic mass is 9.95. The number of aryl methyl sites for hydroxylation is 1. The van der Waals surface area contributed by atoms with Crippen molar-refractivity contribution in [1.29, 1.82) is 0 Å². The van der Waals surface area contributed by atoms with Gasteiger partial charge in [-0.1, -0.05) is 35.1 Å². The van der Waals surface area contributed by atoms with Gasteiger partial charge in [0, 0.05) is 5.02 Å². The van der Waals surface area contributed by atoms with E-state index in [9.17, 15) is 14.7 Å². The van der Waals surface area contributed by atoms with Gasteiger partial charge < -0.3 is 14.3 Å². The highest BCUT2D eigenvalue weighted by Gasteiger charge is 2.46. The minimum Gasteiger partial charge on any atom is -0.503 e. The molecule has 0 bridgehead atoms. The molecule has 3 heterocycles. The molecule has 0 saturated heterocycles. The van der Waals surface area contributed by atoms with Crippen molar-refractivity contribution in [1.82, 2.24) is 4.98 Å². The summed E-state index contributed by atoms with van der Waals surface area (Å²) in [5.74, 6) is -0.635. The summed E-state index contributed by atoms with van der Waals surface area (Å²) < 4.78 is 11.9. The number of benzene rings is 2. The molecule has 4 aromatic rings. The fourth-order valence-corrected chi connectivity index (χ4v) is 5.08. The molecule has 1 atom stereocenters. The number of furan rings is 1. The molecule has 1 N–H and O–H groups in total. The molecule has 0 spiro atoms. The second-order valence-electron chi connectivity index (χ2n) is 7.69. The van der Waals surface area contributed by atoms with Gasteiger partial charge in [0.15, 0.2) is 16.7 Å². The number of anilines is 1. The molecular formula is C25H19ClN2O5S. The van der Waals surface area contributed by atoms with E-state index >= 15 is 0 Å². The molecule has 9 heteroatoms. The number of carbonyl (C=O) groups is 2. The molecule has 34 heavy (non-hydrogen) atoms. The van der Waals surface area contributed by atoms with Gasteiger partial charge in [-0.2, -0.15) is 0 Å². The average Bonchev–Trinajstić information content (AvgIpc) is 3.50. The number of hydrogen-bond donors (Lipinski definition) is 1. The van der Waals surface area contributed by atoms with Crippen molar-refractivity contribution in [2.45, 2.75) is 19.9 Å². The van der Waals surface area contributed by atoms with E-state index in [4.69, 9.17) is 20.8 Å². The quantitative estimate of drug-likeness (QED) is 0.329. The highest BCUT2D eigenvalue weighted by molar-refractivity contribution is 7.22. The Labute approximate surface area is 203 Å². The van der Waals surface area contributed by atoms with Crippen LogP contribution in [0.4, 0.5) is 5.13 Å². The van der Waals surface area contributed by atoms with Crippen molar-refractivity contribution in [3.05, 3.63) is 88.0 Å². The Hall–Kier alpha value is -3.62. The maximum absolute atomic E-state index is 13.4. The van der Waals surface area contributed by atoms with Gasteiger partial charge >= 0.3 is 0 Å². The second kappa shape index (κ2) is 8.62. The molecule has 172 valence electrons. The molecular weight excluding hydrogens is 476 g/mol. The molecule has 1 aliphatic heterocycles. The molecule has 0 saturated carbocycles. The standard InChI is InChI=1S/C25H19ClN2O5S/c1-3-32-16-9-10-17-19(12-16)34-25(27-17)28-21(14-5-7-15(26)8-6-14)20(23(30)24(28)31)22(29)18-11-4-13(2)33-18/h4-12,21,30H,3H2,1-2H3/t21-/m0/s1. The van der Waals surface area contributed by atoms with Crippen molar-refractivity contribution in [3.63, 3.8) is 0 Å². The van der Waals surface area contributed by atoms with Gasteiger partial charge in [-0.3, -0.25) is 14.5 Å². The summed E-state index contributed by atoms with van der Waals surface area (Å²) in [5.41, 5.74) is 1.20. The highest BCUT2D eigenvalue weighted by Crippen LogP contribution is 2.44. The van der Waals surface area contributed by atoms with E-state index in [0.717, 1.165) is 4.70 Å². The minimum absolute atomic E-state index is 0.0401. The van der Waals surface area contributed by atoms with Crippen LogP contribution in [0.2, 0.25) is 5.02 Å². The van der Waals surface area contributed by atoms with Crippen LogP contribution in [0.25, 0.3) is 10.2 Å². The van der Waals surface area contributed by atoms with Crippen molar-refractivity contribution in [3.8, 4) is 5.75 Å². The molecule has 5 rings (SSSR count). The number of thiazole rings is 1. The number of amides is 1. The molecule has 1 amide bonds. The number of aliphatic hydroxyl groups excluding tert-OH is 1. The number of ketones is 1. The Kier molecular flexibility index (Phi) is 5.63. The van der Waals surface area contributed by atoms with Crippen LogP contribution < -0.4 is 9.64 Å². The third-order valence-corrected chi connectivity index (χ3v) is 6.74. The van der Waals surface area contributed by atoms with E-state index in [-0.39, 0.29) is 11.3 Å². The van der Waals surface area contributed by atoms with E-state index in [1.807, 2.05) is 25.1 Å². The zero-order valence-corrected chi connectivity index (χ0v) is 19.8. The number of hydrogen-bond acceptors (Lipinski definition) is 7. The zero-order chi connectivity index (χ0) is 24.0. The molecule has 0 unspecified atom stereocenters. The summed E-state index contributed by atoms with van der Waals surface area (Å²) >= 11 is 7.35. The van der Waals surface area contributed by atoms with Crippen LogP contribution in [0, 0.1) is 6.92 Å². The number of nitrogens with zero attached hydrogens (tertiary/aromatic N) is 2. The molecule has 0 radical (unpaired) electrons. The lowest BCUT2D eigenvalue weighted by Gasteiger charge is -2.24. The fraction of sp³-hybridized carbons (Fsp3) is 0.160. The predicted molar refractivity (Wildman–Crippen MR) is 130 cm³/mol. The normalized spacial score (nSPS) is 16.0. The average molecular weight is 495 g/mol. The third-order valence-electron chi connectivity index (χ3n) is 5.47. The maximum atomic E-state index is 13.4. The summed E-state index contributed by atoms with van der Waals surface area (Å²) in [4.78, 5) is 32.6. The van der Waals surface area contributed by atoms with E-state index in [2.05, 4.69) is 4.98 Å². The topological polar surface area (TPSA) is 92.9 Å². The first-order valence-corrected chi connectivity index (χ1v) is 11.7. The predicted octanol–water partition coefficient (Wildman–Crippen LogP) is 6.03. The van der Waals surface area contributed by atoms with Crippen molar-refractivity contribution in [2.24, 2.45) is 0 Å². The van der Waals surface area contributed by atoms with Gasteiger partial charge in [0.1, 0.15) is 11.5 Å². The Balaban J connectivity index is 1.64. The number of fused-ring (bicyclic) bond motifs is 1. The summed E-state index contributed by atoms with van der Waals surface area (Å²) in [6.45, 7) is 4.14. The van der Waals surface area contributed by atoms with E-state index in [1.54, 1.807) is 37.3 Å². The van der Waals surface area contributed by atoms with Gasteiger partial charge in [0.2, 0.25) is 5.78 Å². The monoisotopic (exact) mass is 494 g/mol. The fourth-order valence-electron chi connectivity index (χ4n) is 3.94. The van der Waals surface area contributed by atoms with Gasteiger partial charge in [0.25, 0.3) is 5.91 Å². The number of rotatable bonds is 6. The van der Waals surface area contributed by atoms with Crippen LogP contribution in [0.15, 0.2) is 70.3 Å². The summed E-state index contributed by atoms with van der Waals surface area (Å²) in [6.07, 6.45) is 0. The smallest absolute Gasteiger partial charge is 0.296 e. The number of halogens is 1. The molecule has 2 aromatic heterocycles. The Bertz CT molecular complexity index is 1450. The lowest BCUT2D eigenvalue weighted by Crippen LogP contribution is -2.30. The van der Waals surface area contributed by atoms with Crippen LogP contribution in [0.3, 0.4) is 0 Å². The van der Waals surface area contributed by atoms with Crippen LogP contribution >= 0.6 is 22.9 Å². The Morgan fingerprint density at radius 2 is 1.97 bits per heavy atom. The second-order valence-corrected chi connectivity index (χ2v) is 9.14. The summed E-state index contributed by atoms with van der Waals surface area (Å²) in [7, 11) is 0. The zero-order valence-electron chi connectivity index (χ0n) is 18.2. The molecule has 0 aliphatic carbocycles. The maximum Gasteiger partial charge on any atom is 0.296 e. The molecule has 0 fully saturated rings. The first-order chi connectivity index (χ1) is 16.4. The molecule has 2 aromatic carbocycles. The minimum atomic E-state index is -0.908. The number of carbonyl (C=O) groups excluding carboxylic acids is 2. The first kappa shape index (κ1) is 22.2. The highest BCUT2D eigenvalue weighted by atomic mass is 35.5. The van der Waals surface area contributed by atoms with Crippen molar-refractivity contribution >= 4 is 50.0 Å². The van der Waals surface area contributed by atoms with E-state index < -0.39 is 23.5 Å². The summed E-state index contributed by atoms with van der Waals surface area (Å²) in [5, 5.41) is 11.7. The van der Waals surface area contributed by atoms with Crippen molar-refractivity contribution in [2.75, 3.05) is 11.5 Å². The van der Waals surface area contributed by atoms with Gasteiger partial charge in [0.05, 0.1) is 28.4 Å². The number of Topliss-reactive ketones (excluding diaryl/α,β-unsaturated/α-hetero) is 1. The molecule has 1 aliphatic rings. The summed E-state index contributed by atoms with van der Waals surface area (Å²) in [6, 6.07) is 14.5. The number of aromatic nitrogens is 1. The van der Waals surface area contributed by atoms with Crippen molar-refractivity contribution < 1.29 is 23.8 Å². The molecule has 7 nitrogen and oxygen atoms in total. The Morgan fingerprint density at radius 1 is 1.21 bits per heavy atom. The number of ether oxygens (including phenoxy) is 1. The number of aliphatic hydroxyl groups is 1. The van der Waals surface area contributed by atoms with Crippen LogP contribution in [-0.2, 0) is 4.79 Å². The van der Waals surface area contributed by atoms with Gasteiger partial charge in [-0.25, -0.2) is 4.98 Å². The largest absolute Gasteiger partial charge is 0.503 e. The SMILES string of the molecule is CCOc1ccc2nc(N3C(=O)C(O)=C(C(=O)c4ccc(C)o4)[C@@H]3c3ccc(Cl)cc3)sc2c1. The van der Waals surface area contributed by atoms with Crippen LogP contribution in [-0.4, -0.2) is 28.4 Å². The lowest BCUT2D eigenvalue weighted by molar-refractivity contribution is -0.117. The van der Waals surface area contributed by atoms with E-state index in [1.165, 1.54) is 22.3 Å². The van der Waals surface area contributed by atoms with E-state index in [0.29, 0.717) is 39.4 Å². The Morgan fingerprint density at radius 3 is 2.65 bits per heavy atom. The van der Waals surface area contributed by atoms with Gasteiger partial charge in [-0.15, -0.1) is 0 Å². The first-order valence-electron chi connectivity index (χ1n) is 10.5.